The van der Waals surface area contributed by atoms with E-state index in [2.05, 4.69) is 4.99 Å². The standard InChI is InChI=1S/C18H14ClNO4/c1-22-14-9-8-12(15(19)16(14)23-2)10-13-18(21)24-17(20-13)11-6-4-3-5-7-11/h3-10H,1-2H3/b13-10+. The van der Waals surface area contributed by atoms with Gasteiger partial charge in [0.25, 0.3) is 0 Å². The van der Waals surface area contributed by atoms with Crippen LogP contribution in [0.5, 0.6) is 11.5 Å². The van der Waals surface area contributed by atoms with Gasteiger partial charge in [-0.3, -0.25) is 0 Å². The van der Waals surface area contributed by atoms with Crippen LogP contribution >= 0.6 is 11.6 Å². The number of halogens is 1. The summed E-state index contributed by atoms with van der Waals surface area (Å²) in [7, 11) is 3.02. The molecule has 0 unspecified atom stereocenters. The maximum absolute atomic E-state index is 12.0. The minimum atomic E-state index is -0.528. The monoisotopic (exact) mass is 343 g/mol. The highest BCUT2D eigenvalue weighted by Crippen LogP contribution is 2.38. The van der Waals surface area contributed by atoms with Crippen molar-refractivity contribution in [1.29, 1.82) is 0 Å². The van der Waals surface area contributed by atoms with Crippen molar-refractivity contribution in [3.05, 3.63) is 64.3 Å². The van der Waals surface area contributed by atoms with Crippen LogP contribution in [-0.4, -0.2) is 26.1 Å². The zero-order valence-electron chi connectivity index (χ0n) is 13.1. The van der Waals surface area contributed by atoms with Gasteiger partial charge in [0.1, 0.15) is 0 Å². The Kier molecular flexibility index (Phi) is 4.53. The van der Waals surface area contributed by atoms with Crippen LogP contribution in [0, 0.1) is 0 Å². The molecule has 3 rings (SSSR count). The minimum Gasteiger partial charge on any atom is -0.493 e. The fourth-order valence-corrected chi connectivity index (χ4v) is 2.56. The van der Waals surface area contributed by atoms with Gasteiger partial charge in [-0.25, -0.2) is 9.79 Å². The normalized spacial score (nSPS) is 15.2. The fourth-order valence-electron chi connectivity index (χ4n) is 2.28. The molecular weight excluding hydrogens is 330 g/mol. The lowest BCUT2D eigenvalue weighted by Gasteiger charge is -2.10. The molecule has 24 heavy (non-hydrogen) atoms. The molecule has 1 aliphatic rings. The lowest BCUT2D eigenvalue weighted by molar-refractivity contribution is -0.129. The first-order chi connectivity index (χ1) is 11.6. The molecule has 0 spiro atoms. The number of esters is 1. The van der Waals surface area contributed by atoms with Crippen LogP contribution in [0.1, 0.15) is 11.1 Å². The molecular formula is C18H14ClNO4. The molecule has 122 valence electrons. The van der Waals surface area contributed by atoms with Gasteiger partial charge in [-0.1, -0.05) is 29.8 Å². The zero-order valence-corrected chi connectivity index (χ0v) is 13.8. The van der Waals surface area contributed by atoms with E-state index >= 15 is 0 Å². The van der Waals surface area contributed by atoms with E-state index in [0.717, 1.165) is 5.56 Å². The molecule has 0 aromatic heterocycles. The lowest BCUT2D eigenvalue weighted by atomic mass is 10.1. The van der Waals surface area contributed by atoms with E-state index < -0.39 is 5.97 Å². The highest BCUT2D eigenvalue weighted by molar-refractivity contribution is 6.34. The van der Waals surface area contributed by atoms with E-state index in [0.29, 0.717) is 22.1 Å². The molecule has 2 aromatic carbocycles. The van der Waals surface area contributed by atoms with Gasteiger partial charge in [-0.2, -0.15) is 0 Å². The van der Waals surface area contributed by atoms with E-state index in [1.165, 1.54) is 14.2 Å². The molecule has 6 heteroatoms. The van der Waals surface area contributed by atoms with E-state index in [4.69, 9.17) is 25.8 Å². The summed E-state index contributed by atoms with van der Waals surface area (Å²) in [6.07, 6.45) is 1.56. The van der Waals surface area contributed by atoms with E-state index in [-0.39, 0.29) is 11.6 Å². The lowest BCUT2D eigenvalue weighted by Crippen LogP contribution is -2.05. The van der Waals surface area contributed by atoms with Crippen LogP contribution in [0.4, 0.5) is 0 Å². The second-order valence-electron chi connectivity index (χ2n) is 4.91. The number of hydrogen-bond acceptors (Lipinski definition) is 5. The van der Waals surface area contributed by atoms with Gasteiger partial charge < -0.3 is 14.2 Å². The molecule has 0 amide bonds. The van der Waals surface area contributed by atoms with Gasteiger partial charge >= 0.3 is 5.97 Å². The molecule has 0 saturated carbocycles. The quantitative estimate of drug-likeness (QED) is 0.627. The summed E-state index contributed by atoms with van der Waals surface area (Å²) in [6.45, 7) is 0. The van der Waals surface area contributed by atoms with Gasteiger partial charge in [0.2, 0.25) is 5.90 Å². The third kappa shape index (κ3) is 2.98. The Morgan fingerprint density at radius 1 is 1.08 bits per heavy atom. The van der Waals surface area contributed by atoms with E-state index in [9.17, 15) is 4.79 Å². The van der Waals surface area contributed by atoms with Crippen molar-refractivity contribution in [3.8, 4) is 11.5 Å². The van der Waals surface area contributed by atoms with Gasteiger partial charge in [-0.05, 0) is 35.9 Å². The van der Waals surface area contributed by atoms with Crippen molar-refractivity contribution in [2.45, 2.75) is 0 Å². The number of carbonyl (C=O) groups excluding carboxylic acids is 1. The Morgan fingerprint density at radius 2 is 1.83 bits per heavy atom. The van der Waals surface area contributed by atoms with Crippen molar-refractivity contribution in [2.75, 3.05) is 14.2 Å². The number of benzene rings is 2. The molecule has 0 atom stereocenters. The number of cyclic esters (lactones) is 1. The smallest absolute Gasteiger partial charge is 0.363 e. The van der Waals surface area contributed by atoms with Gasteiger partial charge in [0, 0.05) is 5.56 Å². The third-order valence-corrected chi connectivity index (χ3v) is 3.84. The van der Waals surface area contributed by atoms with Crippen molar-refractivity contribution < 1.29 is 19.0 Å². The third-order valence-electron chi connectivity index (χ3n) is 3.45. The maximum Gasteiger partial charge on any atom is 0.363 e. The largest absolute Gasteiger partial charge is 0.493 e. The fraction of sp³-hybridized carbons (Fsp3) is 0.111. The van der Waals surface area contributed by atoms with Gasteiger partial charge in [-0.15, -0.1) is 0 Å². The topological polar surface area (TPSA) is 57.1 Å². The molecule has 2 aromatic rings. The molecule has 0 aliphatic carbocycles. The van der Waals surface area contributed by atoms with Gasteiger partial charge in [0.15, 0.2) is 17.2 Å². The first-order valence-corrected chi connectivity index (χ1v) is 7.50. The van der Waals surface area contributed by atoms with E-state index in [1.807, 2.05) is 30.3 Å². The van der Waals surface area contributed by atoms with Crippen molar-refractivity contribution in [1.82, 2.24) is 0 Å². The summed E-state index contributed by atoms with van der Waals surface area (Å²) in [5.74, 6) is 0.641. The van der Waals surface area contributed by atoms with Gasteiger partial charge in [0.05, 0.1) is 19.2 Å². The predicted molar refractivity (Wildman–Crippen MR) is 91.6 cm³/mol. The first-order valence-electron chi connectivity index (χ1n) is 7.12. The van der Waals surface area contributed by atoms with Crippen LogP contribution < -0.4 is 9.47 Å². The number of carbonyl (C=O) groups is 1. The summed E-state index contributed by atoms with van der Waals surface area (Å²) < 4.78 is 15.7. The van der Waals surface area contributed by atoms with Crippen LogP contribution in [0.2, 0.25) is 5.02 Å². The Hall–Kier alpha value is -2.79. The second-order valence-corrected chi connectivity index (χ2v) is 5.28. The number of methoxy groups -OCH3 is 2. The highest BCUT2D eigenvalue weighted by Gasteiger charge is 2.24. The van der Waals surface area contributed by atoms with Crippen molar-refractivity contribution >= 4 is 29.5 Å². The molecule has 0 radical (unpaired) electrons. The molecule has 0 fully saturated rings. The van der Waals surface area contributed by atoms with E-state index in [1.54, 1.807) is 18.2 Å². The average molecular weight is 344 g/mol. The molecule has 1 heterocycles. The summed E-state index contributed by atoms with van der Waals surface area (Å²) in [6, 6.07) is 12.6. The Labute approximate surface area is 144 Å². The van der Waals surface area contributed by atoms with Crippen LogP contribution in [0.15, 0.2) is 53.2 Å². The Bertz CT molecular complexity index is 844. The summed E-state index contributed by atoms with van der Waals surface area (Å²) in [5.41, 5.74) is 1.48. The number of ether oxygens (including phenoxy) is 3. The number of nitrogens with zero attached hydrogens (tertiary/aromatic N) is 1. The molecule has 1 aliphatic heterocycles. The number of hydrogen-bond donors (Lipinski definition) is 0. The number of aliphatic imine (C=N–C) groups is 1. The SMILES string of the molecule is COc1ccc(/C=C2/N=C(c3ccccc3)OC2=O)c(Cl)c1OC. The second kappa shape index (κ2) is 6.76. The summed E-state index contributed by atoms with van der Waals surface area (Å²) in [4.78, 5) is 16.3. The summed E-state index contributed by atoms with van der Waals surface area (Å²) >= 11 is 6.32. The van der Waals surface area contributed by atoms with Crippen LogP contribution in [0.25, 0.3) is 6.08 Å². The molecule has 5 nitrogen and oxygen atoms in total. The van der Waals surface area contributed by atoms with Crippen molar-refractivity contribution in [2.24, 2.45) is 4.99 Å². The average Bonchev–Trinajstić information content (AvgIpc) is 2.98. The first kappa shape index (κ1) is 16.1. The molecule has 0 saturated heterocycles. The number of rotatable bonds is 4. The molecule has 0 bridgehead atoms. The minimum absolute atomic E-state index is 0.169. The predicted octanol–water partition coefficient (Wildman–Crippen LogP) is 3.70. The highest BCUT2D eigenvalue weighted by atomic mass is 35.5. The maximum atomic E-state index is 12.0. The molecule has 0 N–H and O–H groups in total. The summed E-state index contributed by atoms with van der Waals surface area (Å²) in [5, 5.41) is 0.334. The van der Waals surface area contributed by atoms with Crippen LogP contribution in [0.3, 0.4) is 0 Å². The van der Waals surface area contributed by atoms with Crippen molar-refractivity contribution in [3.63, 3.8) is 0 Å². The Balaban J connectivity index is 2.00. The zero-order chi connectivity index (χ0) is 17.1. The van der Waals surface area contributed by atoms with Crippen LogP contribution in [-0.2, 0) is 9.53 Å². The Morgan fingerprint density at radius 3 is 2.50 bits per heavy atom.